The first-order valence-electron chi connectivity index (χ1n) is 7.02. The van der Waals surface area contributed by atoms with Crippen LogP contribution in [0.2, 0.25) is 5.28 Å². The summed E-state index contributed by atoms with van der Waals surface area (Å²) in [6.07, 6.45) is 1.92. The Labute approximate surface area is 128 Å². The standard InChI is InChI=1S/C14H18ClN3O3/c1-14(2,3)21-13(19)18-6-9-10(7-18)16-12(15)17-11(9)20-8-4-5-8/h8H,4-7H2,1-3H3. The van der Waals surface area contributed by atoms with E-state index in [4.69, 9.17) is 21.1 Å². The van der Waals surface area contributed by atoms with Crippen LogP contribution in [-0.2, 0) is 17.8 Å². The maximum Gasteiger partial charge on any atom is 0.410 e. The molecule has 0 spiro atoms. The highest BCUT2D eigenvalue weighted by Gasteiger charge is 2.34. The summed E-state index contributed by atoms with van der Waals surface area (Å²) in [7, 11) is 0. The third kappa shape index (κ3) is 3.37. The summed E-state index contributed by atoms with van der Waals surface area (Å²) in [4.78, 5) is 22.1. The molecule has 1 amide bonds. The van der Waals surface area contributed by atoms with E-state index in [9.17, 15) is 4.79 Å². The minimum absolute atomic E-state index is 0.149. The average Bonchev–Trinajstić information content (AvgIpc) is 3.03. The number of hydrogen-bond acceptors (Lipinski definition) is 5. The molecule has 1 fully saturated rings. The summed E-state index contributed by atoms with van der Waals surface area (Å²) in [6, 6.07) is 0. The van der Waals surface area contributed by atoms with Gasteiger partial charge in [-0.1, -0.05) is 0 Å². The van der Waals surface area contributed by atoms with Crippen molar-refractivity contribution in [2.24, 2.45) is 0 Å². The lowest BCUT2D eigenvalue weighted by Crippen LogP contribution is -2.33. The van der Waals surface area contributed by atoms with Crippen molar-refractivity contribution in [3.8, 4) is 5.88 Å². The van der Waals surface area contributed by atoms with Gasteiger partial charge in [-0.25, -0.2) is 9.78 Å². The lowest BCUT2D eigenvalue weighted by atomic mass is 10.2. The Hall–Kier alpha value is -1.56. The van der Waals surface area contributed by atoms with Crippen LogP contribution >= 0.6 is 11.6 Å². The topological polar surface area (TPSA) is 64.5 Å². The molecule has 0 radical (unpaired) electrons. The normalized spacial score (nSPS) is 17.6. The quantitative estimate of drug-likeness (QED) is 0.786. The number of amides is 1. The van der Waals surface area contributed by atoms with Gasteiger partial charge < -0.3 is 9.47 Å². The molecule has 0 saturated heterocycles. The zero-order valence-electron chi connectivity index (χ0n) is 12.4. The monoisotopic (exact) mass is 311 g/mol. The molecule has 7 heteroatoms. The number of halogens is 1. The molecule has 3 rings (SSSR count). The average molecular weight is 312 g/mol. The number of fused-ring (bicyclic) bond motifs is 1. The van der Waals surface area contributed by atoms with Crippen LogP contribution in [0.25, 0.3) is 0 Å². The van der Waals surface area contributed by atoms with Gasteiger partial charge in [-0.15, -0.1) is 0 Å². The molecule has 6 nitrogen and oxygen atoms in total. The van der Waals surface area contributed by atoms with Gasteiger partial charge in [-0.2, -0.15) is 4.98 Å². The molecule has 1 aromatic rings. The highest BCUT2D eigenvalue weighted by molar-refractivity contribution is 6.28. The Morgan fingerprint density at radius 2 is 2.00 bits per heavy atom. The van der Waals surface area contributed by atoms with Gasteiger partial charge in [-0.05, 0) is 45.2 Å². The number of ether oxygens (including phenoxy) is 2. The number of carbonyl (C=O) groups excluding carboxylic acids is 1. The molecule has 114 valence electrons. The van der Waals surface area contributed by atoms with E-state index in [1.165, 1.54) is 0 Å². The SMILES string of the molecule is CC(C)(C)OC(=O)N1Cc2nc(Cl)nc(OC3CC3)c2C1. The molecule has 0 N–H and O–H groups in total. The van der Waals surface area contributed by atoms with Crippen LogP contribution in [-0.4, -0.2) is 32.7 Å². The fourth-order valence-electron chi connectivity index (χ4n) is 2.09. The van der Waals surface area contributed by atoms with Crippen LogP contribution in [0.5, 0.6) is 5.88 Å². The minimum Gasteiger partial charge on any atom is -0.474 e. The number of aromatic nitrogens is 2. The molecule has 0 atom stereocenters. The van der Waals surface area contributed by atoms with Gasteiger partial charge in [0, 0.05) is 0 Å². The lowest BCUT2D eigenvalue weighted by molar-refractivity contribution is 0.0240. The number of rotatable bonds is 2. The smallest absolute Gasteiger partial charge is 0.410 e. The molecule has 0 aromatic carbocycles. The molecule has 1 saturated carbocycles. The van der Waals surface area contributed by atoms with E-state index in [1.807, 2.05) is 20.8 Å². The van der Waals surface area contributed by atoms with Crippen molar-refractivity contribution in [2.45, 2.75) is 58.4 Å². The van der Waals surface area contributed by atoms with Gasteiger partial charge in [-0.3, -0.25) is 4.90 Å². The van der Waals surface area contributed by atoms with E-state index < -0.39 is 5.60 Å². The van der Waals surface area contributed by atoms with Crippen molar-refractivity contribution in [3.05, 3.63) is 16.5 Å². The van der Waals surface area contributed by atoms with Crippen LogP contribution in [0.4, 0.5) is 4.79 Å². The Morgan fingerprint density at radius 1 is 1.29 bits per heavy atom. The van der Waals surface area contributed by atoms with Crippen molar-refractivity contribution >= 4 is 17.7 Å². The summed E-state index contributed by atoms with van der Waals surface area (Å²) in [5.74, 6) is 0.499. The fourth-order valence-corrected chi connectivity index (χ4v) is 2.27. The number of nitrogens with zero attached hydrogens (tertiary/aromatic N) is 3. The van der Waals surface area contributed by atoms with Crippen molar-refractivity contribution in [1.82, 2.24) is 14.9 Å². The van der Waals surface area contributed by atoms with E-state index in [0.717, 1.165) is 24.1 Å². The molecule has 2 heterocycles. The van der Waals surface area contributed by atoms with Crippen LogP contribution < -0.4 is 4.74 Å². The number of hydrogen-bond donors (Lipinski definition) is 0. The van der Waals surface area contributed by atoms with E-state index in [-0.39, 0.29) is 17.5 Å². The first-order chi connectivity index (χ1) is 9.82. The zero-order chi connectivity index (χ0) is 15.2. The second-order valence-corrected chi connectivity index (χ2v) is 6.71. The molecular weight excluding hydrogens is 294 g/mol. The highest BCUT2D eigenvalue weighted by atomic mass is 35.5. The van der Waals surface area contributed by atoms with Gasteiger partial charge in [0.05, 0.1) is 24.3 Å². The summed E-state index contributed by atoms with van der Waals surface area (Å²) in [6.45, 7) is 6.28. The van der Waals surface area contributed by atoms with Gasteiger partial charge in [0.2, 0.25) is 11.2 Å². The summed E-state index contributed by atoms with van der Waals surface area (Å²) < 4.78 is 11.1. The molecule has 1 aliphatic heterocycles. The third-order valence-corrected chi connectivity index (χ3v) is 3.34. The van der Waals surface area contributed by atoms with Crippen molar-refractivity contribution in [3.63, 3.8) is 0 Å². The molecule has 1 aromatic heterocycles. The predicted molar refractivity (Wildman–Crippen MR) is 76.2 cm³/mol. The van der Waals surface area contributed by atoms with Crippen molar-refractivity contribution in [2.75, 3.05) is 0 Å². The number of carbonyl (C=O) groups is 1. The van der Waals surface area contributed by atoms with Crippen molar-refractivity contribution in [1.29, 1.82) is 0 Å². The predicted octanol–water partition coefficient (Wildman–Crippen LogP) is 2.92. The molecule has 0 unspecified atom stereocenters. The molecule has 0 bridgehead atoms. The Morgan fingerprint density at radius 3 is 2.62 bits per heavy atom. The maximum absolute atomic E-state index is 12.1. The molecule has 2 aliphatic rings. The van der Waals surface area contributed by atoms with E-state index in [2.05, 4.69) is 9.97 Å². The van der Waals surface area contributed by atoms with Crippen molar-refractivity contribution < 1.29 is 14.3 Å². The second-order valence-electron chi connectivity index (χ2n) is 6.38. The largest absolute Gasteiger partial charge is 0.474 e. The zero-order valence-corrected chi connectivity index (χ0v) is 13.1. The lowest BCUT2D eigenvalue weighted by Gasteiger charge is -2.23. The fraction of sp³-hybridized carbons (Fsp3) is 0.643. The van der Waals surface area contributed by atoms with Gasteiger partial charge in [0.15, 0.2) is 0 Å². The van der Waals surface area contributed by atoms with Gasteiger partial charge in [0.25, 0.3) is 0 Å². The van der Waals surface area contributed by atoms with Crippen LogP contribution in [0, 0.1) is 0 Å². The summed E-state index contributed by atoms with van der Waals surface area (Å²) >= 11 is 5.93. The summed E-state index contributed by atoms with van der Waals surface area (Å²) in [5.41, 5.74) is 1.04. The van der Waals surface area contributed by atoms with Crippen LogP contribution in [0.1, 0.15) is 44.9 Å². The Kier molecular flexibility index (Phi) is 3.43. The van der Waals surface area contributed by atoms with E-state index in [1.54, 1.807) is 4.90 Å². The Bertz CT molecular complexity index is 582. The van der Waals surface area contributed by atoms with Gasteiger partial charge in [0.1, 0.15) is 11.7 Å². The summed E-state index contributed by atoms with van der Waals surface area (Å²) in [5, 5.41) is 0.149. The molecular formula is C14H18ClN3O3. The Balaban J connectivity index is 1.78. The third-order valence-electron chi connectivity index (χ3n) is 3.17. The minimum atomic E-state index is -0.525. The maximum atomic E-state index is 12.1. The van der Waals surface area contributed by atoms with Crippen LogP contribution in [0.3, 0.4) is 0 Å². The molecule has 21 heavy (non-hydrogen) atoms. The first kappa shape index (κ1) is 14.4. The molecule has 1 aliphatic carbocycles. The first-order valence-corrected chi connectivity index (χ1v) is 7.39. The van der Waals surface area contributed by atoms with Gasteiger partial charge >= 0.3 is 6.09 Å². The second kappa shape index (κ2) is 5.02. The highest BCUT2D eigenvalue weighted by Crippen LogP contribution is 2.34. The van der Waals surface area contributed by atoms with E-state index in [0.29, 0.717) is 19.0 Å². The van der Waals surface area contributed by atoms with E-state index >= 15 is 0 Å². The van der Waals surface area contributed by atoms with Crippen LogP contribution in [0.15, 0.2) is 0 Å².